The van der Waals surface area contributed by atoms with Crippen molar-refractivity contribution in [1.82, 2.24) is 0 Å². The van der Waals surface area contributed by atoms with Crippen LogP contribution in [0.25, 0.3) is 10.8 Å². The highest BCUT2D eigenvalue weighted by Gasteiger charge is 2.29. The third-order valence-corrected chi connectivity index (χ3v) is 3.43. The minimum atomic E-state index is -4.31. The summed E-state index contributed by atoms with van der Waals surface area (Å²) in [5, 5.41) is 2.05. The van der Waals surface area contributed by atoms with Crippen LogP contribution in [0.4, 0.5) is 13.2 Å². The van der Waals surface area contributed by atoms with Gasteiger partial charge in [0.05, 0.1) is 5.56 Å². The Morgan fingerprint density at radius 1 is 0.773 bits per heavy atom. The zero-order valence-electron chi connectivity index (χ0n) is 11.6. The largest absolute Gasteiger partial charge is 0.488 e. The third-order valence-electron chi connectivity index (χ3n) is 3.43. The lowest BCUT2D eigenvalue weighted by Crippen LogP contribution is -2.05. The van der Waals surface area contributed by atoms with Gasteiger partial charge >= 0.3 is 6.18 Å². The Morgan fingerprint density at radius 2 is 1.45 bits per heavy atom. The molecule has 3 aromatic rings. The van der Waals surface area contributed by atoms with Gasteiger partial charge in [0.2, 0.25) is 0 Å². The molecule has 0 radical (unpaired) electrons. The zero-order chi connectivity index (χ0) is 15.6. The lowest BCUT2D eigenvalue weighted by Gasteiger charge is -2.11. The Morgan fingerprint density at radius 3 is 2.18 bits per heavy atom. The zero-order valence-corrected chi connectivity index (χ0v) is 11.6. The second-order valence-corrected chi connectivity index (χ2v) is 4.96. The molecule has 22 heavy (non-hydrogen) atoms. The minimum Gasteiger partial charge on any atom is -0.488 e. The molecule has 0 amide bonds. The monoisotopic (exact) mass is 302 g/mol. The number of hydrogen-bond acceptors (Lipinski definition) is 1. The highest BCUT2D eigenvalue weighted by Crippen LogP contribution is 2.30. The summed E-state index contributed by atoms with van der Waals surface area (Å²) >= 11 is 0. The Bertz CT molecular complexity index is 771. The smallest absolute Gasteiger partial charge is 0.416 e. The number of ether oxygens (including phenoxy) is 1. The van der Waals surface area contributed by atoms with E-state index >= 15 is 0 Å². The van der Waals surface area contributed by atoms with Gasteiger partial charge in [0.1, 0.15) is 12.4 Å². The maximum absolute atomic E-state index is 12.5. The van der Waals surface area contributed by atoms with Crippen molar-refractivity contribution >= 4 is 10.8 Å². The molecule has 0 bridgehead atoms. The van der Waals surface area contributed by atoms with Gasteiger partial charge in [-0.25, -0.2) is 0 Å². The van der Waals surface area contributed by atoms with Gasteiger partial charge in [0, 0.05) is 5.39 Å². The van der Waals surface area contributed by atoms with E-state index in [4.69, 9.17) is 4.74 Å². The normalized spacial score (nSPS) is 11.6. The Hall–Kier alpha value is -2.49. The van der Waals surface area contributed by atoms with Gasteiger partial charge in [-0.2, -0.15) is 13.2 Å². The predicted molar refractivity (Wildman–Crippen MR) is 79.7 cm³/mol. The van der Waals surface area contributed by atoms with Crippen LogP contribution >= 0.6 is 0 Å². The fourth-order valence-electron chi connectivity index (χ4n) is 2.27. The van der Waals surface area contributed by atoms with Crippen LogP contribution in [0.1, 0.15) is 11.1 Å². The molecule has 3 aromatic carbocycles. The molecule has 0 aliphatic heterocycles. The Kier molecular flexibility index (Phi) is 3.75. The second-order valence-electron chi connectivity index (χ2n) is 4.96. The lowest BCUT2D eigenvalue weighted by atomic mass is 10.1. The van der Waals surface area contributed by atoms with Crippen LogP contribution in [-0.2, 0) is 12.8 Å². The SMILES string of the molecule is FC(F)(F)c1ccc(COc2cccc3ccccc23)cc1. The number of rotatable bonds is 3. The van der Waals surface area contributed by atoms with E-state index in [0.717, 1.165) is 28.7 Å². The molecule has 4 heteroatoms. The number of halogens is 3. The Labute approximate surface area is 126 Å². The van der Waals surface area contributed by atoms with Crippen LogP contribution in [0.15, 0.2) is 66.7 Å². The first-order chi connectivity index (χ1) is 10.5. The molecule has 112 valence electrons. The molecule has 0 N–H and O–H groups in total. The average Bonchev–Trinajstić information content (AvgIpc) is 2.52. The van der Waals surface area contributed by atoms with Gasteiger partial charge in [0.15, 0.2) is 0 Å². The maximum atomic E-state index is 12.5. The standard InChI is InChI=1S/C18H13F3O/c19-18(20,21)15-10-8-13(9-11-15)12-22-17-7-3-5-14-4-1-2-6-16(14)17/h1-11H,12H2. The van der Waals surface area contributed by atoms with E-state index in [1.807, 2.05) is 42.5 Å². The summed E-state index contributed by atoms with van der Waals surface area (Å²) in [4.78, 5) is 0. The van der Waals surface area contributed by atoms with Crippen molar-refractivity contribution in [2.45, 2.75) is 12.8 Å². The second kappa shape index (κ2) is 5.72. The summed E-state index contributed by atoms with van der Waals surface area (Å²) in [5.74, 6) is 0.720. The van der Waals surface area contributed by atoms with Crippen LogP contribution < -0.4 is 4.74 Å². The first-order valence-corrected chi connectivity index (χ1v) is 6.81. The van der Waals surface area contributed by atoms with E-state index in [2.05, 4.69) is 0 Å². The molecule has 3 rings (SSSR count). The average molecular weight is 302 g/mol. The molecule has 0 atom stereocenters. The van der Waals surface area contributed by atoms with E-state index in [-0.39, 0.29) is 6.61 Å². The quantitative estimate of drug-likeness (QED) is 0.626. The van der Waals surface area contributed by atoms with E-state index in [9.17, 15) is 13.2 Å². The number of benzene rings is 3. The predicted octanol–water partition coefficient (Wildman–Crippen LogP) is 5.44. The van der Waals surface area contributed by atoms with Gasteiger partial charge < -0.3 is 4.74 Å². The lowest BCUT2D eigenvalue weighted by molar-refractivity contribution is -0.137. The van der Waals surface area contributed by atoms with Crippen LogP contribution in [0.2, 0.25) is 0 Å². The molecule has 1 nitrogen and oxygen atoms in total. The van der Waals surface area contributed by atoms with E-state index < -0.39 is 11.7 Å². The van der Waals surface area contributed by atoms with Crippen molar-refractivity contribution in [2.75, 3.05) is 0 Å². The Balaban J connectivity index is 1.77. The highest BCUT2D eigenvalue weighted by molar-refractivity contribution is 5.88. The van der Waals surface area contributed by atoms with Crippen molar-refractivity contribution < 1.29 is 17.9 Å². The first kappa shape index (κ1) is 14.4. The fraction of sp³-hybridized carbons (Fsp3) is 0.111. The third kappa shape index (κ3) is 3.06. The van der Waals surface area contributed by atoms with Crippen LogP contribution in [0.5, 0.6) is 5.75 Å². The van der Waals surface area contributed by atoms with Crippen molar-refractivity contribution in [3.8, 4) is 5.75 Å². The summed E-state index contributed by atoms with van der Waals surface area (Å²) in [7, 11) is 0. The van der Waals surface area contributed by atoms with Crippen molar-refractivity contribution in [1.29, 1.82) is 0 Å². The topological polar surface area (TPSA) is 9.23 Å². The molecule has 0 saturated heterocycles. The molecule has 0 aliphatic rings. The molecule has 0 saturated carbocycles. The number of fused-ring (bicyclic) bond motifs is 1. The van der Waals surface area contributed by atoms with Gasteiger partial charge in [-0.1, -0.05) is 48.5 Å². The molecule has 0 unspecified atom stereocenters. The van der Waals surface area contributed by atoms with Crippen LogP contribution in [0, 0.1) is 0 Å². The summed E-state index contributed by atoms with van der Waals surface area (Å²) in [6.07, 6.45) is -4.31. The van der Waals surface area contributed by atoms with E-state index in [1.54, 1.807) is 0 Å². The summed E-state index contributed by atoms with van der Waals surface area (Å²) in [6, 6.07) is 18.6. The molecule has 0 spiro atoms. The molecule has 0 fully saturated rings. The summed E-state index contributed by atoms with van der Waals surface area (Å²) < 4.78 is 43.3. The van der Waals surface area contributed by atoms with Crippen molar-refractivity contribution in [3.63, 3.8) is 0 Å². The number of hydrogen-bond donors (Lipinski definition) is 0. The first-order valence-electron chi connectivity index (χ1n) is 6.81. The van der Waals surface area contributed by atoms with Crippen molar-refractivity contribution in [2.24, 2.45) is 0 Å². The highest BCUT2D eigenvalue weighted by atomic mass is 19.4. The fourth-order valence-corrected chi connectivity index (χ4v) is 2.27. The maximum Gasteiger partial charge on any atom is 0.416 e. The molecule has 0 heterocycles. The van der Waals surface area contributed by atoms with Gasteiger partial charge in [0.25, 0.3) is 0 Å². The number of alkyl halides is 3. The minimum absolute atomic E-state index is 0.228. The molecule has 0 aromatic heterocycles. The summed E-state index contributed by atoms with van der Waals surface area (Å²) in [6.45, 7) is 0.228. The molecular weight excluding hydrogens is 289 g/mol. The van der Waals surface area contributed by atoms with Gasteiger partial charge in [-0.05, 0) is 29.1 Å². The van der Waals surface area contributed by atoms with Crippen LogP contribution in [-0.4, -0.2) is 0 Å². The van der Waals surface area contributed by atoms with Gasteiger partial charge in [-0.15, -0.1) is 0 Å². The van der Waals surface area contributed by atoms with E-state index in [0.29, 0.717) is 5.56 Å². The van der Waals surface area contributed by atoms with Gasteiger partial charge in [-0.3, -0.25) is 0 Å². The van der Waals surface area contributed by atoms with E-state index in [1.165, 1.54) is 12.1 Å². The van der Waals surface area contributed by atoms with Crippen LogP contribution in [0.3, 0.4) is 0 Å². The molecule has 0 aliphatic carbocycles. The molecular formula is C18H13F3O. The van der Waals surface area contributed by atoms with Crippen molar-refractivity contribution in [3.05, 3.63) is 77.9 Å². The summed E-state index contributed by atoms with van der Waals surface area (Å²) in [5.41, 5.74) is 0.0438.